The smallest absolute Gasteiger partial charge is 0.119 e. The Hall–Kier alpha value is -2.10. The van der Waals surface area contributed by atoms with Crippen LogP contribution in [-0.2, 0) is 6.54 Å². The fourth-order valence-electron chi connectivity index (χ4n) is 3.06. The lowest BCUT2D eigenvalue weighted by Gasteiger charge is -2.34. The van der Waals surface area contributed by atoms with Crippen molar-refractivity contribution in [3.63, 3.8) is 0 Å². The predicted molar refractivity (Wildman–Crippen MR) is 100 cm³/mol. The van der Waals surface area contributed by atoms with Gasteiger partial charge in [-0.25, -0.2) is 0 Å². The zero-order valence-electron chi connectivity index (χ0n) is 14.4. The van der Waals surface area contributed by atoms with Gasteiger partial charge in [0.15, 0.2) is 0 Å². The summed E-state index contributed by atoms with van der Waals surface area (Å²) >= 11 is 0. The molecule has 2 aromatic rings. The fourth-order valence-corrected chi connectivity index (χ4v) is 3.06. The third-order valence-electron chi connectivity index (χ3n) is 4.48. The number of ether oxygens (including phenoxy) is 1. The molecule has 1 aliphatic heterocycles. The van der Waals surface area contributed by atoms with E-state index in [-0.39, 0.29) is 0 Å². The Morgan fingerprint density at radius 3 is 2.42 bits per heavy atom. The van der Waals surface area contributed by atoms with Gasteiger partial charge in [-0.2, -0.15) is 0 Å². The van der Waals surface area contributed by atoms with E-state index < -0.39 is 0 Å². The van der Waals surface area contributed by atoms with Crippen molar-refractivity contribution in [3.8, 4) is 5.75 Å². The molecule has 0 amide bonds. The Bertz CT molecular complexity index is 646. The molecule has 0 aromatic heterocycles. The van der Waals surface area contributed by atoms with Crippen molar-refractivity contribution < 1.29 is 4.74 Å². The van der Waals surface area contributed by atoms with E-state index in [1.165, 1.54) is 11.1 Å². The van der Waals surface area contributed by atoms with Crippen LogP contribution in [0, 0.1) is 0 Å². The number of methoxy groups -OCH3 is 1. The fraction of sp³-hybridized carbons (Fsp3) is 0.333. The molecule has 0 bridgehead atoms. The summed E-state index contributed by atoms with van der Waals surface area (Å²) in [6.07, 6.45) is 4.48. The van der Waals surface area contributed by atoms with Gasteiger partial charge in [-0.15, -0.1) is 0 Å². The third-order valence-corrected chi connectivity index (χ3v) is 4.48. The van der Waals surface area contributed by atoms with Crippen molar-refractivity contribution in [2.45, 2.75) is 6.54 Å². The van der Waals surface area contributed by atoms with E-state index in [0.717, 1.165) is 45.0 Å². The first-order valence-electron chi connectivity index (χ1n) is 8.63. The van der Waals surface area contributed by atoms with E-state index in [9.17, 15) is 0 Å². The molecule has 24 heavy (non-hydrogen) atoms. The largest absolute Gasteiger partial charge is 0.497 e. The maximum atomic E-state index is 5.31. The minimum absolute atomic E-state index is 0.942. The average molecular weight is 322 g/mol. The second-order valence-electron chi connectivity index (χ2n) is 6.24. The second kappa shape index (κ2) is 8.67. The summed E-state index contributed by atoms with van der Waals surface area (Å²) in [4.78, 5) is 5.04. The zero-order valence-corrected chi connectivity index (χ0v) is 14.4. The summed E-state index contributed by atoms with van der Waals surface area (Å²) in [6.45, 7) is 6.53. The van der Waals surface area contributed by atoms with E-state index in [1.54, 1.807) is 7.11 Å². The lowest BCUT2D eigenvalue weighted by molar-refractivity contribution is 0.137. The standard InChI is InChI=1S/C21H26N2O/c1-24-21-11-5-9-20(17-21)18-23-15-13-22(14-16-23)12-6-10-19-7-3-2-4-8-19/h2-11,17H,12-16,18H2,1H3/b10-6+. The van der Waals surface area contributed by atoms with Crippen molar-refractivity contribution in [3.05, 3.63) is 71.8 Å². The van der Waals surface area contributed by atoms with Gasteiger partial charge < -0.3 is 4.74 Å². The number of benzene rings is 2. The van der Waals surface area contributed by atoms with Gasteiger partial charge in [0.05, 0.1) is 7.11 Å². The van der Waals surface area contributed by atoms with E-state index in [0.29, 0.717) is 0 Å². The third kappa shape index (κ3) is 4.95. The molecular formula is C21H26N2O. The highest BCUT2D eigenvalue weighted by Gasteiger charge is 2.15. The first kappa shape index (κ1) is 16.7. The number of hydrogen-bond acceptors (Lipinski definition) is 3. The first-order valence-corrected chi connectivity index (χ1v) is 8.63. The van der Waals surface area contributed by atoms with E-state index >= 15 is 0 Å². The van der Waals surface area contributed by atoms with Gasteiger partial charge in [0.1, 0.15) is 5.75 Å². The summed E-state index contributed by atoms with van der Waals surface area (Å²) in [6, 6.07) is 18.9. The topological polar surface area (TPSA) is 15.7 Å². The molecule has 3 heteroatoms. The molecule has 0 saturated carbocycles. The molecule has 126 valence electrons. The Kier molecular flexibility index (Phi) is 6.05. The monoisotopic (exact) mass is 322 g/mol. The molecule has 0 spiro atoms. The molecule has 0 N–H and O–H groups in total. The van der Waals surface area contributed by atoms with Crippen LogP contribution in [0.2, 0.25) is 0 Å². The molecule has 0 radical (unpaired) electrons. The maximum absolute atomic E-state index is 5.31. The van der Waals surface area contributed by atoms with Crippen molar-refractivity contribution >= 4 is 6.08 Å². The maximum Gasteiger partial charge on any atom is 0.119 e. The Labute approximate surface area is 145 Å². The van der Waals surface area contributed by atoms with Gasteiger partial charge >= 0.3 is 0 Å². The molecule has 0 atom stereocenters. The van der Waals surface area contributed by atoms with Crippen LogP contribution in [0.3, 0.4) is 0 Å². The Morgan fingerprint density at radius 2 is 1.67 bits per heavy atom. The highest BCUT2D eigenvalue weighted by molar-refractivity contribution is 5.48. The number of piperazine rings is 1. The average Bonchev–Trinajstić information content (AvgIpc) is 2.64. The summed E-state index contributed by atoms with van der Waals surface area (Å²) in [5, 5.41) is 0. The van der Waals surface area contributed by atoms with Crippen molar-refractivity contribution in [2.75, 3.05) is 39.8 Å². The van der Waals surface area contributed by atoms with E-state index in [4.69, 9.17) is 4.74 Å². The second-order valence-corrected chi connectivity index (χ2v) is 6.24. The van der Waals surface area contributed by atoms with Gasteiger partial charge in [0.25, 0.3) is 0 Å². The molecule has 1 heterocycles. The molecule has 0 unspecified atom stereocenters. The van der Waals surface area contributed by atoms with Crippen molar-refractivity contribution in [1.82, 2.24) is 9.80 Å². The lowest BCUT2D eigenvalue weighted by atomic mass is 10.2. The summed E-state index contributed by atoms with van der Waals surface area (Å²) < 4.78 is 5.31. The summed E-state index contributed by atoms with van der Waals surface area (Å²) in [7, 11) is 1.72. The number of rotatable bonds is 6. The highest BCUT2D eigenvalue weighted by atomic mass is 16.5. The van der Waals surface area contributed by atoms with Crippen LogP contribution in [0.1, 0.15) is 11.1 Å². The Balaban J connectivity index is 1.43. The summed E-state index contributed by atoms with van der Waals surface area (Å²) in [5.41, 5.74) is 2.60. The molecule has 0 aliphatic carbocycles. The van der Waals surface area contributed by atoms with Gasteiger partial charge in [0.2, 0.25) is 0 Å². The lowest BCUT2D eigenvalue weighted by Crippen LogP contribution is -2.45. The van der Waals surface area contributed by atoms with Crippen molar-refractivity contribution in [2.24, 2.45) is 0 Å². The van der Waals surface area contributed by atoms with Crippen LogP contribution in [-0.4, -0.2) is 49.6 Å². The normalized spacial score (nSPS) is 16.5. The molecule has 3 rings (SSSR count). The van der Waals surface area contributed by atoms with Crippen molar-refractivity contribution in [1.29, 1.82) is 0 Å². The highest BCUT2D eigenvalue weighted by Crippen LogP contribution is 2.15. The molecule has 1 fully saturated rings. The molecular weight excluding hydrogens is 296 g/mol. The van der Waals surface area contributed by atoms with Crippen LogP contribution in [0.25, 0.3) is 6.08 Å². The SMILES string of the molecule is COc1cccc(CN2CCN(C/C=C/c3ccccc3)CC2)c1. The minimum atomic E-state index is 0.942. The molecule has 2 aromatic carbocycles. The number of hydrogen-bond donors (Lipinski definition) is 0. The molecule has 1 aliphatic rings. The molecule has 1 saturated heterocycles. The summed E-state index contributed by atoms with van der Waals surface area (Å²) in [5.74, 6) is 0.942. The predicted octanol–water partition coefficient (Wildman–Crippen LogP) is 3.53. The van der Waals surface area contributed by atoms with Crippen LogP contribution in [0.5, 0.6) is 5.75 Å². The van der Waals surface area contributed by atoms with E-state index in [2.05, 4.69) is 70.5 Å². The minimum Gasteiger partial charge on any atom is -0.497 e. The van der Waals surface area contributed by atoms with Crippen LogP contribution in [0.15, 0.2) is 60.7 Å². The first-order chi connectivity index (χ1) is 11.8. The molecule has 3 nitrogen and oxygen atoms in total. The van der Waals surface area contributed by atoms with Gasteiger partial charge in [-0.3, -0.25) is 9.80 Å². The Morgan fingerprint density at radius 1 is 0.917 bits per heavy atom. The van der Waals surface area contributed by atoms with Gasteiger partial charge in [0, 0.05) is 39.3 Å². The van der Waals surface area contributed by atoms with E-state index in [1.807, 2.05) is 6.07 Å². The number of nitrogens with zero attached hydrogens (tertiary/aromatic N) is 2. The van der Waals surface area contributed by atoms with Crippen LogP contribution >= 0.6 is 0 Å². The van der Waals surface area contributed by atoms with Gasteiger partial charge in [-0.1, -0.05) is 54.6 Å². The zero-order chi connectivity index (χ0) is 16.6. The van der Waals surface area contributed by atoms with Crippen LogP contribution in [0.4, 0.5) is 0 Å². The van der Waals surface area contributed by atoms with Gasteiger partial charge in [-0.05, 0) is 23.3 Å². The quantitative estimate of drug-likeness (QED) is 0.809. The van der Waals surface area contributed by atoms with Crippen LogP contribution < -0.4 is 4.74 Å².